The van der Waals surface area contributed by atoms with Crippen molar-refractivity contribution in [1.29, 1.82) is 5.26 Å². The number of rotatable bonds is 3. The smallest absolute Gasteiger partial charge is 0.251 e. The lowest BCUT2D eigenvalue weighted by Gasteiger charge is -2.29. The summed E-state index contributed by atoms with van der Waals surface area (Å²) in [6.45, 7) is 2.20. The van der Waals surface area contributed by atoms with E-state index in [9.17, 15) is 4.79 Å². The van der Waals surface area contributed by atoms with Crippen LogP contribution in [0, 0.1) is 17.2 Å². The van der Waals surface area contributed by atoms with E-state index in [1.165, 1.54) is 19.3 Å². The number of carbonyl (C=O) groups is 1. The fourth-order valence-corrected chi connectivity index (χ4v) is 2.76. The molecule has 1 aromatic carbocycles. The van der Waals surface area contributed by atoms with E-state index >= 15 is 0 Å². The first-order valence-electron chi connectivity index (χ1n) is 6.98. The van der Waals surface area contributed by atoms with E-state index in [1.54, 1.807) is 6.07 Å². The van der Waals surface area contributed by atoms with Crippen LogP contribution >= 0.6 is 0 Å². The molecule has 0 heterocycles. The zero-order valence-corrected chi connectivity index (χ0v) is 11.4. The Morgan fingerprint density at radius 1 is 1.37 bits per heavy atom. The van der Waals surface area contributed by atoms with Crippen molar-refractivity contribution in [2.45, 2.75) is 45.1 Å². The molecule has 0 aromatic heterocycles. The minimum atomic E-state index is -0.0374. The molecule has 1 aliphatic rings. The van der Waals surface area contributed by atoms with Crippen molar-refractivity contribution in [2.75, 3.05) is 0 Å². The Labute approximate surface area is 114 Å². The number of hydrogen-bond donors (Lipinski definition) is 1. The fourth-order valence-electron chi connectivity index (χ4n) is 2.76. The predicted molar refractivity (Wildman–Crippen MR) is 74.6 cm³/mol. The molecule has 0 saturated heterocycles. The standard InChI is InChI=1S/C16H20N2O/c1-12-6-2-5-9-15(12)18-16(19)14-8-4-3-7-13(14)10-11-17/h3-4,7-8,12,15H,2,5-6,9-10H2,1H3,(H,18,19). The van der Waals surface area contributed by atoms with Crippen LogP contribution in [0.4, 0.5) is 0 Å². The number of nitrogens with one attached hydrogen (secondary N) is 1. The van der Waals surface area contributed by atoms with Crippen LogP contribution in [0.2, 0.25) is 0 Å². The van der Waals surface area contributed by atoms with Crippen molar-refractivity contribution in [3.8, 4) is 6.07 Å². The molecule has 19 heavy (non-hydrogen) atoms. The maximum absolute atomic E-state index is 12.3. The third-order valence-corrected chi connectivity index (χ3v) is 3.96. The average Bonchev–Trinajstić information content (AvgIpc) is 2.42. The van der Waals surface area contributed by atoms with Gasteiger partial charge in [0.25, 0.3) is 5.91 Å². The molecule has 1 N–H and O–H groups in total. The molecule has 3 nitrogen and oxygen atoms in total. The van der Waals surface area contributed by atoms with E-state index < -0.39 is 0 Å². The number of carbonyl (C=O) groups excluding carboxylic acids is 1. The zero-order chi connectivity index (χ0) is 13.7. The molecule has 2 atom stereocenters. The first kappa shape index (κ1) is 13.6. The first-order valence-corrected chi connectivity index (χ1v) is 6.98. The van der Waals surface area contributed by atoms with Gasteiger partial charge in [-0.05, 0) is 30.4 Å². The Morgan fingerprint density at radius 2 is 2.11 bits per heavy atom. The first-order chi connectivity index (χ1) is 9.22. The van der Waals surface area contributed by atoms with Gasteiger partial charge in [-0.15, -0.1) is 0 Å². The summed E-state index contributed by atoms with van der Waals surface area (Å²) in [7, 11) is 0. The molecule has 0 bridgehead atoms. The third-order valence-electron chi connectivity index (χ3n) is 3.96. The number of nitriles is 1. The summed E-state index contributed by atoms with van der Waals surface area (Å²) >= 11 is 0. The van der Waals surface area contributed by atoms with Gasteiger partial charge in [-0.3, -0.25) is 4.79 Å². The van der Waals surface area contributed by atoms with Crippen molar-refractivity contribution in [1.82, 2.24) is 5.32 Å². The van der Waals surface area contributed by atoms with Gasteiger partial charge in [0.2, 0.25) is 0 Å². The lowest BCUT2D eigenvalue weighted by molar-refractivity contribution is 0.0909. The molecule has 0 spiro atoms. The molecule has 0 radical (unpaired) electrons. The molecule has 1 aromatic rings. The summed E-state index contributed by atoms with van der Waals surface area (Å²) in [4.78, 5) is 12.3. The highest BCUT2D eigenvalue weighted by Crippen LogP contribution is 2.24. The third kappa shape index (κ3) is 3.35. The predicted octanol–water partition coefficient (Wildman–Crippen LogP) is 3.06. The molecule has 1 fully saturated rings. The number of nitrogens with zero attached hydrogens (tertiary/aromatic N) is 1. The van der Waals surface area contributed by atoms with E-state index in [2.05, 4.69) is 18.3 Å². The topological polar surface area (TPSA) is 52.9 Å². The van der Waals surface area contributed by atoms with E-state index in [0.717, 1.165) is 12.0 Å². The van der Waals surface area contributed by atoms with Gasteiger partial charge in [0.1, 0.15) is 0 Å². The Bertz CT molecular complexity index is 490. The molecule has 1 aliphatic carbocycles. The summed E-state index contributed by atoms with van der Waals surface area (Å²) < 4.78 is 0. The van der Waals surface area contributed by atoms with Crippen molar-refractivity contribution < 1.29 is 4.79 Å². The second-order valence-corrected chi connectivity index (χ2v) is 5.33. The van der Waals surface area contributed by atoms with Crippen LogP contribution in [0.15, 0.2) is 24.3 Å². The van der Waals surface area contributed by atoms with Gasteiger partial charge >= 0.3 is 0 Å². The Kier molecular flexibility index (Phi) is 4.57. The Morgan fingerprint density at radius 3 is 2.84 bits per heavy atom. The molecule has 100 valence electrons. The maximum Gasteiger partial charge on any atom is 0.251 e. The lowest BCUT2D eigenvalue weighted by atomic mass is 9.85. The minimum Gasteiger partial charge on any atom is -0.349 e. The van der Waals surface area contributed by atoms with Crippen LogP contribution in [0.3, 0.4) is 0 Å². The lowest BCUT2D eigenvalue weighted by Crippen LogP contribution is -2.41. The molecule has 1 amide bonds. The highest BCUT2D eigenvalue weighted by atomic mass is 16.1. The van der Waals surface area contributed by atoms with Crippen molar-refractivity contribution >= 4 is 5.91 Å². The second kappa shape index (κ2) is 6.38. The number of amides is 1. The van der Waals surface area contributed by atoms with E-state index in [1.807, 2.05) is 18.2 Å². The molecule has 1 saturated carbocycles. The summed E-state index contributed by atoms with van der Waals surface area (Å²) in [6, 6.07) is 9.75. The van der Waals surface area contributed by atoms with Gasteiger partial charge in [0, 0.05) is 11.6 Å². The maximum atomic E-state index is 12.3. The van der Waals surface area contributed by atoms with Crippen LogP contribution < -0.4 is 5.32 Å². The summed E-state index contributed by atoms with van der Waals surface area (Å²) in [5, 5.41) is 11.9. The highest BCUT2D eigenvalue weighted by Gasteiger charge is 2.23. The highest BCUT2D eigenvalue weighted by molar-refractivity contribution is 5.96. The largest absolute Gasteiger partial charge is 0.349 e. The van der Waals surface area contributed by atoms with Gasteiger partial charge in [0.15, 0.2) is 0 Å². The SMILES string of the molecule is CC1CCCCC1NC(=O)c1ccccc1CC#N. The Hall–Kier alpha value is -1.82. The Balaban J connectivity index is 2.09. The van der Waals surface area contributed by atoms with E-state index in [0.29, 0.717) is 11.5 Å². The monoisotopic (exact) mass is 256 g/mol. The van der Waals surface area contributed by atoms with E-state index in [4.69, 9.17) is 5.26 Å². The quantitative estimate of drug-likeness (QED) is 0.903. The minimum absolute atomic E-state index is 0.0374. The van der Waals surface area contributed by atoms with Gasteiger partial charge in [-0.1, -0.05) is 38.0 Å². The van der Waals surface area contributed by atoms with Crippen LogP contribution in [0.1, 0.15) is 48.5 Å². The molecule has 0 aliphatic heterocycles. The molecule has 2 rings (SSSR count). The molecule has 2 unspecified atom stereocenters. The van der Waals surface area contributed by atoms with Crippen molar-refractivity contribution in [3.63, 3.8) is 0 Å². The van der Waals surface area contributed by atoms with Gasteiger partial charge in [0.05, 0.1) is 12.5 Å². The molecular formula is C16H20N2O. The van der Waals surface area contributed by atoms with Gasteiger partial charge < -0.3 is 5.32 Å². The van der Waals surface area contributed by atoms with Crippen LogP contribution in [0.5, 0.6) is 0 Å². The molecule has 3 heteroatoms. The van der Waals surface area contributed by atoms with Crippen LogP contribution in [0.25, 0.3) is 0 Å². The number of benzene rings is 1. The van der Waals surface area contributed by atoms with E-state index in [-0.39, 0.29) is 18.4 Å². The van der Waals surface area contributed by atoms with Crippen molar-refractivity contribution in [3.05, 3.63) is 35.4 Å². The fraction of sp³-hybridized carbons (Fsp3) is 0.500. The number of hydrogen-bond acceptors (Lipinski definition) is 2. The normalized spacial score (nSPS) is 22.5. The zero-order valence-electron chi connectivity index (χ0n) is 11.4. The second-order valence-electron chi connectivity index (χ2n) is 5.33. The molecular weight excluding hydrogens is 236 g/mol. The van der Waals surface area contributed by atoms with Crippen LogP contribution in [-0.4, -0.2) is 11.9 Å². The summed E-state index contributed by atoms with van der Waals surface area (Å²) in [6.07, 6.45) is 4.98. The summed E-state index contributed by atoms with van der Waals surface area (Å²) in [5.74, 6) is 0.505. The average molecular weight is 256 g/mol. The summed E-state index contributed by atoms with van der Waals surface area (Å²) in [5.41, 5.74) is 1.45. The van der Waals surface area contributed by atoms with Gasteiger partial charge in [-0.2, -0.15) is 5.26 Å². The van der Waals surface area contributed by atoms with Crippen molar-refractivity contribution in [2.24, 2.45) is 5.92 Å². The van der Waals surface area contributed by atoms with Gasteiger partial charge in [-0.25, -0.2) is 0 Å². The van der Waals surface area contributed by atoms with Crippen LogP contribution in [-0.2, 0) is 6.42 Å².